The van der Waals surface area contributed by atoms with Crippen molar-refractivity contribution in [3.05, 3.63) is 11.0 Å². The number of amidine groups is 1. The predicted molar refractivity (Wildman–Crippen MR) is 72.1 cm³/mol. The van der Waals surface area contributed by atoms with Gasteiger partial charge in [0.15, 0.2) is 5.92 Å². The van der Waals surface area contributed by atoms with Crippen molar-refractivity contribution >= 4 is 35.8 Å². The third-order valence-corrected chi connectivity index (χ3v) is 3.97. The SMILES string of the molecule is CC(C)SC1=CC=NC2=[N+](C)C(=O)N(C)C(=O)C12. The zero-order chi connectivity index (χ0) is 13.4. The summed E-state index contributed by atoms with van der Waals surface area (Å²) in [6.45, 7) is 4.14. The maximum absolute atomic E-state index is 12.2. The monoisotopic (exact) mass is 266 g/mol. The van der Waals surface area contributed by atoms with Crippen molar-refractivity contribution in [2.24, 2.45) is 10.9 Å². The third-order valence-electron chi connectivity index (χ3n) is 2.86. The molecule has 0 bridgehead atoms. The fraction of sp³-hybridized carbons (Fsp3) is 0.500. The molecule has 0 N–H and O–H groups in total. The zero-order valence-electron chi connectivity index (χ0n) is 10.9. The quantitative estimate of drug-likeness (QED) is 0.709. The molecule has 1 unspecified atom stereocenters. The van der Waals surface area contributed by atoms with Gasteiger partial charge >= 0.3 is 11.9 Å². The summed E-state index contributed by atoms with van der Waals surface area (Å²) in [4.78, 5) is 30.4. The number of dihydropyridines is 1. The van der Waals surface area contributed by atoms with E-state index in [1.54, 1.807) is 25.0 Å². The predicted octanol–water partition coefficient (Wildman–Crippen LogP) is 1.35. The summed E-state index contributed by atoms with van der Waals surface area (Å²) in [6.07, 6.45) is 3.51. The first kappa shape index (κ1) is 13.0. The molecule has 3 amide bonds. The average molecular weight is 266 g/mol. The average Bonchev–Trinajstić information content (AvgIpc) is 2.32. The number of rotatable bonds is 2. The van der Waals surface area contributed by atoms with E-state index >= 15 is 0 Å². The molecule has 0 fully saturated rings. The number of fused-ring (bicyclic) bond motifs is 1. The number of aliphatic imine (C=N–C) groups is 1. The maximum Gasteiger partial charge on any atom is 0.445 e. The standard InChI is InChI=1S/C12H16N3O2S/c1-7(2)18-8-5-6-13-10-9(8)11(16)15(4)12(17)14(10)3/h5-7,9H,1-4H3/q+1. The van der Waals surface area contributed by atoms with E-state index in [0.717, 1.165) is 9.81 Å². The second-order valence-electron chi connectivity index (χ2n) is 4.54. The first-order valence-corrected chi connectivity index (χ1v) is 6.64. The van der Waals surface area contributed by atoms with Gasteiger partial charge in [0.05, 0.1) is 14.1 Å². The summed E-state index contributed by atoms with van der Waals surface area (Å²) >= 11 is 1.63. The first-order valence-electron chi connectivity index (χ1n) is 5.76. The van der Waals surface area contributed by atoms with Crippen LogP contribution >= 0.6 is 11.8 Å². The number of amides is 3. The molecule has 0 aromatic heterocycles. The number of allylic oxidation sites excluding steroid dienone is 1. The van der Waals surface area contributed by atoms with Crippen molar-refractivity contribution in [1.29, 1.82) is 0 Å². The van der Waals surface area contributed by atoms with Gasteiger partial charge in [-0.05, 0) is 6.08 Å². The van der Waals surface area contributed by atoms with Crippen LogP contribution in [0.4, 0.5) is 4.79 Å². The smallest absolute Gasteiger partial charge is 0.255 e. The molecule has 6 heteroatoms. The Balaban J connectivity index is 2.47. The van der Waals surface area contributed by atoms with E-state index in [1.165, 1.54) is 11.6 Å². The van der Waals surface area contributed by atoms with Crippen LogP contribution in [-0.4, -0.2) is 52.8 Å². The molecule has 2 aliphatic rings. The molecule has 2 aliphatic heterocycles. The zero-order valence-corrected chi connectivity index (χ0v) is 11.7. The minimum atomic E-state index is -0.435. The Morgan fingerprint density at radius 1 is 1.44 bits per heavy atom. The lowest BCUT2D eigenvalue weighted by atomic mass is 10.0. The van der Waals surface area contributed by atoms with Gasteiger partial charge in [0.25, 0.3) is 5.84 Å². The Labute approximate surface area is 110 Å². The molecule has 0 radical (unpaired) electrons. The molecular weight excluding hydrogens is 250 g/mol. The molecule has 0 saturated carbocycles. The van der Waals surface area contributed by atoms with E-state index in [9.17, 15) is 9.59 Å². The van der Waals surface area contributed by atoms with Crippen LogP contribution in [0.2, 0.25) is 0 Å². The number of thioether (sulfide) groups is 1. The van der Waals surface area contributed by atoms with Crippen molar-refractivity contribution in [3.63, 3.8) is 0 Å². The second kappa shape index (κ2) is 4.68. The molecule has 0 saturated heterocycles. The van der Waals surface area contributed by atoms with Crippen LogP contribution in [0, 0.1) is 5.92 Å². The number of hydrogen-bond donors (Lipinski definition) is 0. The minimum absolute atomic E-state index is 0.204. The van der Waals surface area contributed by atoms with E-state index in [1.807, 2.05) is 6.08 Å². The van der Waals surface area contributed by atoms with Crippen molar-refractivity contribution in [1.82, 2.24) is 4.90 Å². The fourth-order valence-corrected chi connectivity index (χ4v) is 3.01. The summed E-state index contributed by atoms with van der Waals surface area (Å²) in [6, 6.07) is -0.334. The molecular formula is C12H16N3O2S+. The van der Waals surface area contributed by atoms with Crippen LogP contribution in [0.1, 0.15) is 13.8 Å². The Morgan fingerprint density at radius 2 is 2.11 bits per heavy atom. The van der Waals surface area contributed by atoms with E-state index in [0.29, 0.717) is 11.1 Å². The molecule has 1 atom stereocenters. The van der Waals surface area contributed by atoms with Gasteiger partial charge in [0.1, 0.15) is 6.21 Å². The topological polar surface area (TPSA) is 52.8 Å². The van der Waals surface area contributed by atoms with Gasteiger partial charge in [-0.15, -0.1) is 16.8 Å². The normalized spacial score (nSPS) is 23.7. The maximum atomic E-state index is 12.2. The number of nitrogens with zero attached hydrogens (tertiary/aromatic N) is 3. The second-order valence-corrected chi connectivity index (χ2v) is 6.19. The van der Waals surface area contributed by atoms with Crippen LogP contribution < -0.4 is 0 Å². The highest BCUT2D eigenvalue weighted by molar-refractivity contribution is 8.03. The summed E-state index contributed by atoms with van der Waals surface area (Å²) in [5.74, 6) is -0.117. The fourth-order valence-electron chi connectivity index (χ4n) is 1.99. The van der Waals surface area contributed by atoms with E-state index in [-0.39, 0.29) is 11.9 Å². The first-order chi connectivity index (χ1) is 8.43. The Bertz CT molecular complexity index is 505. The summed E-state index contributed by atoms with van der Waals surface area (Å²) in [5, 5.41) is 0.380. The van der Waals surface area contributed by atoms with Gasteiger partial charge in [-0.2, -0.15) is 9.48 Å². The molecule has 0 aliphatic carbocycles. The van der Waals surface area contributed by atoms with Crippen molar-refractivity contribution in [2.75, 3.05) is 14.1 Å². The van der Waals surface area contributed by atoms with Gasteiger partial charge < -0.3 is 0 Å². The number of hydrogen-bond acceptors (Lipinski definition) is 4. The van der Waals surface area contributed by atoms with Crippen LogP contribution in [0.25, 0.3) is 0 Å². The largest absolute Gasteiger partial charge is 0.445 e. The van der Waals surface area contributed by atoms with Crippen molar-refractivity contribution in [3.8, 4) is 0 Å². The highest BCUT2D eigenvalue weighted by atomic mass is 32.2. The van der Waals surface area contributed by atoms with E-state index in [4.69, 9.17) is 0 Å². The lowest BCUT2D eigenvalue weighted by Gasteiger charge is -2.26. The van der Waals surface area contributed by atoms with E-state index in [2.05, 4.69) is 18.8 Å². The van der Waals surface area contributed by atoms with E-state index < -0.39 is 5.92 Å². The Morgan fingerprint density at radius 3 is 2.72 bits per heavy atom. The highest BCUT2D eigenvalue weighted by Gasteiger charge is 2.47. The van der Waals surface area contributed by atoms with Gasteiger partial charge in [-0.3, -0.25) is 4.79 Å². The number of carbonyl (C=O) groups is 2. The summed E-state index contributed by atoms with van der Waals surface area (Å²) in [7, 11) is 3.15. The molecule has 0 spiro atoms. The molecule has 18 heavy (non-hydrogen) atoms. The van der Waals surface area contributed by atoms with Crippen LogP contribution in [-0.2, 0) is 4.79 Å². The number of carbonyl (C=O) groups excluding carboxylic acids is 2. The van der Waals surface area contributed by atoms with Crippen molar-refractivity contribution in [2.45, 2.75) is 19.1 Å². The Kier molecular flexibility index (Phi) is 3.38. The van der Waals surface area contributed by atoms with Gasteiger partial charge in [-0.25, -0.2) is 4.79 Å². The van der Waals surface area contributed by atoms with Crippen LogP contribution in [0.15, 0.2) is 16.0 Å². The van der Waals surface area contributed by atoms with Crippen LogP contribution in [0.5, 0.6) is 0 Å². The number of imide groups is 1. The van der Waals surface area contributed by atoms with Gasteiger partial charge in [0, 0.05) is 10.2 Å². The van der Waals surface area contributed by atoms with Crippen molar-refractivity contribution < 1.29 is 14.2 Å². The lowest BCUT2D eigenvalue weighted by molar-refractivity contribution is -0.407. The molecule has 5 nitrogen and oxygen atoms in total. The van der Waals surface area contributed by atoms with Crippen LogP contribution in [0.3, 0.4) is 0 Å². The minimum Gasteiger partial charge on any atom is -0.255 e. The number of urea groups is 1. The summed E-state index contributed by atoms with van der Waals surface area (Å²) in [5.41, 5.74) is 0. The molecule has 0 aromatic rings. The summed E-state index contributed by atoms with van der Waals surface area (Å²) < 4.78 is 1.44. The Hall–Kier alpha value is -1.43. The van der Waals surface area contributed by atoms with Gasteiger partial charge in [0.2, 0.25) is 0 Å². The highest BCUT2D eigenvalue weighted by Crippen LogP contribution is 2.33. The molecule has 2 rings (SSSR count). The lowest BCUT2D eigenvalue weighted by Crippen LogP contribution is -2.52. The molecule has 96 valence electrons. The molecule has 0 aromatic carbocycles. The van der Waals surface area contributed by atoms with Gasteiger partial charge in [-0.1, -0.05) is 13.8 Å². The molecule has 2 heterocycles. The third kappa shape index (κ3) is 2.01.